The molecule has 0 amide bonds. The quantitative estimate of drug-likeness (QED) is 0.721. The highest BCUT2D eigenvalue weighted by Crippen LogP contribution is 2.23. The zero-order valence-electron chi connectivity index (χ0n) is 10.7. The molecule has 0 bridgehead atoms. The summed E-state index contributed by atoms with van der Waals surface area (Å²) >= 11 is 0. The molecule has 0 aliphatic heterocycles. The van der Waals surface area contributed by atoms with E-state index in [9.17, 15) is 18.0 Å². The molecule has 0 aliphatic carbocycles. The van der Waals surface area contributed by atoms with Crippen molar-refractivity contribution in [1.29, 1.82) is 0 Å². The van der Waals surface area contributed by atoms with E-state index >= 15 is 0 Å². The number of ether oxygens (including phenoxy) is 1. The van der Waals surface area contributed by atoms with Crippen molar-refractivity contribution in [2.75, 3.05) is 0 Å². The Hall–Kier alpha value is -1.52. The third-order valence-corrected chi connectivity index (χ3v) is 2.72. The molecule has 2 nitrogen and oxygen atoms in total. The Balaban J connectivity index is 2.42. The molecule has 0 heterocycles. The first-order valence-electron chi connectivity index (χ1n) is 6.25. The third-order valence-electron chi connectivity index (χ3n) is 2.72. The minimum absolute atomic E-state index is 0.0237. The van der Waals surface area contributed by atoms with Gasteiger partial charge in [0.25, 0.3) is 0 Å². The Morgan fingerprint density at radius 1 is 1.26 bits per heavy atom. The van der Waals surface area contributed by atoms with E-state index in [1.54, 1.807) is 37.3 Å². The van der Waals surface area contributed by atoms with Gasteiger partial charge in [-0.05, 0) is 31.4 Å². The van der Waals surface area contributed by atoms with E-state index in [0.29, 0.717) is 12.0 Å². The Morgan fingerprint density at radius 2 is 1.89 bits per heavy atom. The predicted octanol–water partition coefficient (Wildman–Crippen LogP) is 4.35. The van der Waals surface area contributed by atoms with Crippen LogP contribution in [0.25, 0.3) is 0 Å². The van der Waals surface area contributed by atoms with Gasteiger partial charge in [0.05, 0.1) is 5.56 Å². The molecule has 0 saturated carbocycles. The van der Waals surface area contributed by atoms with Crippen LogP contribution in [0.2, 0.25) is 0 Å². The number of rotatable bonds is 6. The van der Waals surface area contributed by atoms with E-state index < -0.39 is 24.7 Å². The first-order valence-corrected chi connectivity index (χ1v) is 6.25. The lowest BCUT2D eigenvalue weighted by Gasteiger charge is -2.16. The second-order valence-corrected chi connectivity index (χ2v) is 4.31. The molecule has 0 N–H and O–H groups in total. The lowest BCUT2D eigenvalue weighted by atomic mass is 10.1. The maximum absolute atomic E-state index is 12.0. The molecule has 0 spiro atoms. The normalized spacial score (nSPS) is 13.1. The molecule has 19 heavy (non-hydrogen) atoms. The molecule has 1 aromatic rings. The zero-order chi connectivity index (χ0) is 14.3. The van der Waals surface area contributed by atoms with Gasteiger partial charge in [-0.15, -0.1) is 0 Å². The van der Waals surface area contributed by atoms with E-state index in [1.807, 2.05) is 0 Å². The first-order chi connectivity index (χ1) is 8.92. The van der Waals surface area contributed by atoms with Crippen LogP contribution in [0, 0.1) is 0 Å². The monoisotopic (exact) mass is 274 g/mol. The molecule has 0 saturated heterocycles. The summed E-state index contributed by atoms with van der Waals surface area (Å²) in [6.07, 6.45) is -4.74. The van der Waals surface area contributed by atoms with Crippen LogP contribution in [0.1, 0.15) is 43.0 Å². The third kappa shape index (κ3) is 6.27. The number of carbonyl (C=O) groups excluding carboxylic acids is 1. The van der Waals surface area contributed by atoms with Crippen molar-refractivity contribution in [3.05, 3.63) is 35.9 Å². The first kappa shape index (κ1) is 15.5. The molecule has 0 aromatic heterocycles. The molecular formula is C14H17F3O2. The molecule has 5 heteroatoms. The van der Waals surface area contributed by atoms with Gasteiger partial charge < -0.3 is 4.74 Å². The van der Waals surface area contributed by atoms with Crippen molar-refractivity contribution in [3.63, 3.8) is 0 Å². The summed E-state index contributed by atoms with van der Waals surface area (Å²) in [6, 6.07) is 8.43. The van der Waals surface area contributed by atoms with Gasteiger partial charge in [-0.2, -0.15) is 13.2 Å². The van der Waals surface area contributed by atoms with Crippen molar-refractivity contribution in [2.24, 2.45) is 0 Å². The molecule has 1 unspecified atom stereocenters. The fourth-order valence-electron chi connectivity index (χ4n) is 1.67. The van der Waals surface area contributed by atoms with Gasteiger partial charge in [-0.1, -0.05) is 25.1 Å². The van der Waals surface area contributed by atoms with Crippen LogP contribution in [0.4, 0.5) is 13.2 Å². The summed E-state index contributed by atoms with van der Waals surface area (Å²) in [5.74, 6) is -0.487. The van der Waals surface area contributed by atoms with Crippen LogP contribution in [0.5, 0.6) is 0 Å². The topological polar surface area (TPSA) is 26.3 Å². The smallest absolute Gasteiger partial charge is 0.389 e. The Bertz CT molecular complexity index is 387. The Labute approximate surface area is 110 Å². The van der Waals surface area contributed by atoms with Crippen molar-refractivity contribution in [1.82, 2.24) is 0 Å². The highest BCUT2D eigenvalue weighted by Gasteiger charge is 2.27. The van der Waals surface area contributed by atoms with E-state index in [-0.39, 0.29) is 12.8 Å². The Kier molecular flexibility index (Phi) is 5.86. The highest BCUT2D eigenvalue weighted by atomic mass is 19.4. The second kappa shape index (κ2) is 7.16. The lowest BCUT2D eigenvalue weighted by molar-refractivity contribution is -0.136. The SMILES string of the molecule is CCC(CCCC(F)(F)F)OC(=O)c1ccccc1. The van der Waals surface area contributed by atoms with Crippen molar-refractivity contribution < 1.29 is 22.7 Å². The average Bonchev–Trinajstić information content (AvgIpc) is 2.37. The maximum atomic E-state index is 12.0. The molecule has 1 rings (SSSR count). The molecule has 1 aromatic carbocycles. The summed E-state index contributed by atoms with van der Waals surface area (Å²) in [5, 5.41) is 0. The van der Waals surface area contributed by atoms with Gasteiger partial charge in [-0.3, -0.25) is 0 Å². The summed E-state index contributed by atoms with van der Waals surface area (Å²) in [5.41, 5.74) is 0.414. The van der Waals surface area contributed by atoms with Crippen LogP contribution < -0.4 is 0 Å². The molecule has 0 fully saturated rings. The maximum Gasteiger partial charge on any atom is 0.389 e. The molecule has 1 atom stereocenters. The second-order valence-electron chi connectivity index (χ2n) is 4.31. The number of hydrogen-bond acceptors (Lipinski definition) is 2. The van der Waals surface area contributed by atoms with Crippen LogP contribution >= 0.6 is 0 Å². The van der Waals surface area contributed by atoms with E-state index in [2.05, 4.69) is 0 Å². The van der Waals surface area contributed by atoms with Gasteiger partial charge in [0, 0.05) is 6.42 Å². The van der Waals surface area contributed by atoms with Crippen molar-refractivity contribution in [3.8, 4) is 0 Å². The van der Waals surface area contributed by atoms with Crippen LogP contribution in [0.3, 0.4) is 0 Å². The van der Waals surface area contributed by atoms with Gasteiger partial charge >= 0.3 is 12.1 Å². The summed E-state index contributed by atoms with van der Waals surface area (Å²) in [7, 11) is 0. The fraction of sp³-hybridized carbons (Fsp3) is 0.500. The number of esters is 1. The molecular weight excluding hydrogens is 257 g/mol. The van der Waals surface area contributed by atoms with Gasteiger partial charge in [0.15, 0.2) is 0 Å². The van der Waals surface area contributed by atoms with Gasteiger partial charge in [0.1, 0.15) is 6.10 Å². The number of carbonyl (C=O) groups is 1. The number of hydrogen-bond donors (Lipinski definition) is 0. The van der Waals surface area contributed by atoms with Crippen molar-refractivity contribution >= 4 is 5.97 Å². The lowest BCUT2D eigenvalue weighted by Crippen LogP contribution is -2.18. The largest absolute Gasteiger partial charge is 0.459 e. The van der Waals surface area contributed by atoms with E-state index in [4.69, 9.17) is 4.74 Å². The van der Waals surface area contributed by atoms with Gasteiger partial charge in [-0.25, -0.2) is 4.79 Å². The summed E-state index contributed by atoms with van der Waals surface area (Å²) < 4.78 is 41.3. The van der Waals surface area contributed by atoms with E-state index in [0.717, 1.165) is 0 Å². The van der Waals surface area contributed by atoms with Crippen LogP contribution in [0.15, 0.2) is 30.3 Å². The Morgan fingerprint density at radius 3 is 2.42 bits per heavy atom. The number of halogens is 3. The average molecular weight is 274 g/mol. The predicted molar refractivity (Wildman–Crippen MR) is 65.8 cm³/mol. The molecule has 0 aliphatic rings. The van der Waals surface area contributed by atoms with Crippen LogP contribution in [-0.2, 0) is 4.74 Å². The number of alkyl halides is 3. The summed E-state index contributed by atoms with van der Waals surface area (Å²) in [4.78, 5) is 11.7. The zero-order valence-corrected chi connectivity index (χ0v) is 10.7. The highest BCUT2D eigenvalue weighted by molar-refractivity contribution is 5.89. The molecule has 0 radical (unpaired) electrons. The standard InChI is InChI=1S/C14H17F3O2/c1-2-12(9-6-10-14(15,16)17)19-13(18)11-7-4-3-5-8-11/h3-5,7-8,12H,2,6,9-10H2,1H3. The van der Waals surface area contributed by atoms with Crippen molar-refractivity contribution in [2.45, 2.75) is 44.9 Å². The van der Waals surface area contributed by atoms with Crippen LogP contribution in [-0.4, -0.2) is 18.2 Å². The van der Waals surface area contributed by atoms with E-state index in [1.165, 1.54) is 0 Å². The minimum atomic E-state index is -4.15. The number of benzene rings is 1. The fourth-order valence-corrected chi connectivity index (χ4v) is 1.67. The minimum Gasteiger partial charge on any atom is -0.459 e. The summed E-state index contributed by atoms with van der Waals surface area (Å²) in [6.45, 7) is 1.79. The van der Waals surface area contributed by atoms with Gasteiger partial charge in [0.2, 0.25) is 0 Å². The molecule has 106 valence electrons.